The van der Waals surface area contributed by atoms with Gasteiger partial charge in [-0.2, -0.15) is 0 Å². The molecule has 0 aliphatic heterocycles. The van der Waals surface area contributed by atoms with Gasteiger partial charge in [0.2, 0.25) is 0 Å². The number of carboxylic acids is 1. The van der Waals surface area contributed by atoms with E-state index in [9.17, 15) is 14.7 Å². The van der Waals surface area contributed by atoms with Crippen LogP contribution in [0.5, 0.6) is 5.75 Å². The molecule has 0 aliphatic carbocycles. The lowest BCUT2D eigenvalue weighted by atomic mass is 10.1. The van der Waals surface area contributed by atoms with Crippen LogP contribution in [-0.4, -0.2) is 22.1 Å². The Balaban J connectivity index is 2.12. The smallest absolute Gasteiger partial charge is 0.307 e. The summed E-state index contributed by atoms with van der Waals surface area (Å²) in [5.74, 6) is -1.16. The summed E-state index contributed by atoms with van der Waals surface area (Å²) in [6, 6.07) is 11.4. The van der Waals surface area contributed by atoms with Crippen molar-refractivity contribution in [2.24, 2.45) is 0 Å². The van der Waals surface area contributed by atoms with Gasteiger partial charge in [-0.1, -0.05) is 18.2 Å². The van der Waals surface area contributed by atoms with Gasteiger partial charge >= 0.3 is 5.97 Å². The molecule has 1 amide bonds. The van der Waals surface area contributed by atoms with Gasteiger partial charge in [0, 0.05) is 16.8 Å². The second kappa shape index (κ2) is 6.09. The minimum absolute atomic E-state index is 0.0557. The molecule has 5 nitrogen and oxygen atoms in total. The quantitative estimate of drug-likeness (QED) is 0.805. The average molecular weight is 285 g/mol. The maximum atomic E-state index is 12.1. The molecule has 21 heavy (non-hydrogen) atoms. The van der Waals surface area contributed by atoms with Crippen molar-refractivity contribution in [3.05, 3.63) is 59.2 Å². The van der Waals surface area contributed by atoms with Crippen molar-refractivity contribution in [2.75, 3.05) is 5.32 Å². The van der Waals surface area contributed by atoms with Gasteiger partial charge in [0.15, 0.2) is 0 Å². The normalized spacial score (nSPS) is 10.1. The first-order valence-corrected chi connectivity index (χ1v) is 6.38. The van der Waals surface area contributed by atoms with Crippen LogP contribution in [-0.2, 0) is 11.2 Å². The molecule has 0 unspecified atom stereocenters. The van der Waals surface area contributed by atoms with Gasteiger partial charge in [-0.3, -0.25) is 9.59 Å². The minimum Gasteiger partial charge on any atom is -0.508 e. The fraction of sp³-hybridized carbons (Fsp3) is 0.125. The Labute approximate surface area is 121 Å². The van der Waals surface area contributed by atoms with Crippen molar-refractivity contribution in [3.63, 3.8) is 0 Å². The lowest BCUT2D eigenvalue weighted by molar-refractivity contribution is -0.136. The number of anilines is 1. The summed E-state index contributed by atoms with van der Waals surface area (Å²) in [5, 5.41) is 21.0. The van der Waals surface area contributed by atoms with E-state index < -0.39 is 5.97 Å². The fourth-order valence-electron chi connectivity index (χ4n) is 1.95. The molecular weight excluding hydrogens is 270 g/mol. The summed E-state index contributed by atoms with van der Waals surface area (Å²) in [7, 11) is 0. The van der Waals surface area contributed by atoms with E-state index in [1.54, 1.807) is 43.3 Å². The van der Waals surface area contributed by atoms with Crippen LogP contribution in [0.1, 0.15) is 21.5 Å². The topological polar surface area (TPSA) is 86.6 Å². The Morgan fingerprint density at radius 1 is 1.10 bits per heavy atom. The van der Waals surface area contributed by atoms with Gasteiger partial charge in [0.05, 0.1) is 6.42 Å². The maximum absolute atomic E-state index is 12.1. The standard InChI is InChI=1S/C16H15NO4/c1-10-13(3-2-4-14(10)18)16(21)17-12-7-5-11(6-8-12)9-15(19)20/h2-8,18H,9H2,1H3,(H,17,21)(H,19,20). The number of nitrogens with one attached hydrogen (secondary N) is 1. The fourth-order valence-corrected chi connectivity index (χ4v) is 1.95. The molecule has 0 saturated carbocycles. The number of hydrogen-bond acceptors (Lipinski definition) is 3. The van der Waals surface area contributed by atoms with Crippen LogP contribution in [0.2, 0.25) is 0 Å². The summed E-state index contributed by atoms with van der Waals surface area (Å²) < 4.78 is 0. The zero-order valence-electron chi connectivity index (χ0n) is 11.5. The molecule has 0 aliphatic rings. The number of aliphatic carboxylic acids is 1. The molecule has 108 valence electrons. The molecule has 2 rings (SSSR count). The van der Waals surface area contributed by atoms with E-state index in [-0.39, 0.29) is 18.1 Å². The van der Waals surface area contributed by atoms with Crippen LogP contribution in [0.4, 0.5) is 5.69 Å². The molecule has 3 N–H and O–H groups in total. The van der Waals surface area contributed by atoms with E-state index in [1.165, 1.54) is 6.07 Å². The molecule has 0 fully saturated rings. The molecule has 2 aromatic carbocycles. The molecule has 0 bridgehead atoms. The summed E-state index contributed by atoms with van der Waals surface area (Å²) >= 11 is 0. The van der Waals surface area contributed by atoms with Crippen molar-refractivity contribution in [2.45, 2.75) is 13.3 Å². The molecule has 0 radical (unpaired) electrons. The Kier molecular flexibility index (Phi) is 4.23. The lowest BCUT2D eigenvalue weighted by Crippen LogP contribution is -2.13. The average Bonchev–Trinajstić information content (AvgIpc) is 2.43. The Morgan fingerprint density at radius 3 is 2.38 bits per heavy atom. The first-order valence-electron chi connectivity index (χ1n) is 6.38. The zero-order chi connectivity index (χ0) is 15.4. The third-order valence-electron chi connectivity index (χ3n) is 3.12. The molecule has 2 aromatic rings. The van der Waals surface area contributed by atoms with E-state index in [0.29, 0.717) is 22.4 Å². The van der Waals surface area contributed by atoms with Crippen LogP contribution < -0.4 is 5.32 Å². The number of carboxylic acid groups (broad SMARTS) is 1. The first-order chi connectivity index (χ1) is 9.97. The van der Waals surface area contributed by atoms with Gasteiger partial charge in [-0.25, -0.2) is 0 Å². The Bertz CT molecular complexity index is 677. The van der Waals surface area contributed by atoms with Crippen molar-refractivity contribution in [3.8, 4) is 5.75 Å². The molecule has 0 atom stereocenters. The number of benzene rings is 2. The van der Waals surface area contributed by atoms with E-state index in [0.717, 1.165) is 0 Å². The predicted molar refractivity (Wildman–Crippen MR) is 78.6 cm³/mol. The van der Waals surface area contributed by atoms with Crippen molar-refractivity contribution in [1.82, 2.24) is 0 Å². The highest BCUT2D eigenvalue weighted by atomic mass is 16.4. The monoisotopic (exact) mass is 285 g/mol. The highest BCUT2D eigenvalue weighted by Gasteiger charge is 2.11. The largest absolute Gasteiger partial charge is 0.508 e. The highest BCUT2D eigenvalue weighted by Crippen LogP contribution is 2.20. The SMILES string of the molecule is Cc1c(O)cccc1C(=O)Nc1ccc(CC(=O)O)cc1. The molecule has 5 heteroatoms. The number of hydrogen-bond donors (Lipinski definition) is 3. The van der Waals surface area contributed by atoms with E-state index >= 15 is 0 Å². The molecule has 0 saturated heterocycles. The third kappa shape index (κ3) is 3.60. The summed E-state index contributed by atoms with van der Waals surface area (Å²) in [5.41, 5.74) is 2.13. The van der Waals surface area contributed by atoms with Crippen molar-refractivity contribution < 1.29 is 19.8 Å². The van der Waals surface area contributed by atoms with Gasteiger partial charge < -0.3 is 15.5 Å². The Morgan fingerprint density at radius 2 is 1.76 bits per heavy atom. The number of phenols is 1. The number of aromatic hydroxyl groups is 1. The molecule has 0 spiro atoms. The lowest BCUT2D eigenvalue weighted by Gasteiger charge is -2.09. The van der Waals surface area contributed by atoms with E-state index in [1.807, 2.05) is 0 Å². The second-order valence-electron chi connectivity index (χ2n) is 4.67. The molecule has 0 heterocycles. The summed E-state index contributed by atoms with van der Waals surface area (Å²) in [6.45, 7) is 1.67. The van der Waals surface area contributed by atoms with Gasteiger partial charge in [0.25, 0.3) is 5.91 Å². The molecule has 0 aromatic heterocycles. The van der Waals surface area contributed by atoms with Crippen LogP contribution in [0.3, 0.4) is 0 Å². The first kappa shape index (κ1) is 14.6. The van der Waals surface area contributed by atoms with Crippen LogP contribution in [0, 0.1) is 6.92 Å². The maximum Gasteiger partial charge on any atom is 0.307 e. The second-order valence-corrected chi connectivity index (χ2v) is 4.67. The number of phenolic OH excluding ortho intramolecular Hbond substituents is 1. The number of carbonyl (C=O) groups excluding carboxylic acids is 1. The highest BCUT2D eigenvalue weighted by molar-refractivity contribution is 6.05. The zero-order valence-corrected chi connectivity index (χ0v) is 11.5. The van der Waals surface area contributed by atoms with Crippen molar-refractivity contribution in [1.29, 1.82) is 0 Å². The van der Waals surface area contributed by atoms with E-state index in [4.69, 9.17) is 5.11 Å². The van der Waals surface area contributed by atoms with Crippen molar-refractivity contribution >= 4 is 17.6 Å². The molecular formula is C16H15NO4. The van der Waals surface area contributed by atoms with Crippen LogP contribution in [0.15, 0.2) is 42.5 Å². The number of carbonyl (C=O) groups is 2. The minimum atomic E-state index is -0.901. The van der Waals surface area contributed by atoms with E-state index in [2.05, 4.69) is 5.32 Å². The third-order valence-corrected chi connectivity index (χ3v) is 3.12. The summed E-state index contributed by atoms with van der Waals surface area (Å²) in [4.78, 5) is 22.7. The number of amides is 1. The van der Waals surface area contributed by atoms with Gasteiger partial charge in [0.1, 0.15) is 5.75 Å². The Hall–Kier alpha value is -2.82. The van der Waals surface area contributed by atoms with Gasteiger partial charge in [-0.15, -0.1) is 0 Å². The predicted octanol–water partition coefficient (Wildman–Crippen LogP) is 2.58. The van der Waals surface area contributed by atoms with Gasteiger partial charge in [-0.05, 0) is 36.8 Å². The van der Waals surface area contributed by atoms with Crippen LogP contribution in [0.25, 0.3) is 0 Å². The summed E-state index contributed by atoms with van der Waals surface area (Å²) in [6.07, 6.45) is -0.0557. The number of rotatable bonds is 4. The van der Waals surface area contributed by atoms with Crippen LogP contribution >= 0.6 is 0 Å².